The fourth-order valence-electron chi connectivity index (χ4n) is 2.21. The van der Waals surface area contributed by atoms with Crippen molar-refractivity contribution >= 4 is 17.6 Å². The molecule has 0 spiro atoms. The Bertz CT molecular complexity index is 458. The fraction of sp³-hybridized carbons (Fsp3) is 0.538. The predicted octanol–water partition coefficient (Wildman–Crippen LogP) is 2.51. The van der Waals surface area contributed by atoms with Gasteiger partial charge in [0.25, 0.3) is 0 Å². The standard InChI is InChI=1S/C13H17N3S/c1-9-6-10(2)15-13(12(9)7-14)16(3)11-4-5-17-8-11/h6,11H,4-5,8H2,1-3H3. The van der Waals surface area contributed by atoms with E-state index in [-0.39, 0.29) is 0 Å². The van der Waals surface area contributed by atoms with Crippen LogP contribution in [-0.2, 0) is 0 Å². The Labute approximate surface area is 107 Å². The Morgan fingerprint density at radius 1 is 1.53 bits per heavy atom. The zero-order chi connectivity index (χ0) is 12.4. The Morgan fingerprint density at radius 3 is 2.88 bits per heavy atom. The summed E-state index contributed by atoms with van der Waals surface area (Å²) in [6.45, 7) is 3.96. The van der Waals surface area contributed by atoms with Crippen molar-refractivity contribution in [1.82, 2.24) is 4.98 Å². The van der Waals surface area contributed by atoms with Gasteiger partial charge in [0.05, 0.1) is 5.56 Å². The highest BCUT2D eigenvalue weighted by molar-refractivity contribution is 7.99. The minimum Gasteiger partial charge on any atom is -0.355 e. The SMILES string of the molecule is Cc1cc(C)c(C#N)c(N(C)C2CCSC2)n1. The number of aryl methyl sites for hydroxylation is 2. The molecule has 1 unspecified atom stereocenters. The number of aromatic nitrogens is 1. The summed E-state index contributed by atoms with van der Waals surface area (Å²) < 4.78 is 0. The highest BCUT2D eigenvalue weighted by Crippen LogP contribution is 2.28. The van der Waals surface area contributed by atoms with Gasteiger partial charge in [-0.15, -0.1) is 0 Å². The molecule has 1 aliphatic rings. The van der Waals surface area contributed by atoms with Crippen molar-refractivity contribution in [3.8, 4) is 6.07 Å². The lowest BCUT2D eigenvalue weighted by Gasteiger charge is -2.26. The van der Waals surface area contributed by atoms with Crippen molar-refractivity contribution in [3.05, 3.63) is 22.9 Å². The maximum absolute atomic E-state index is 9.26. The first-order valence-electron chi connectivity index (χ1n) is 5.82. The average Bonchev–Trinajstić information content (AvgIpc) is 2.80. The Balaban J connectivity index is 2.39. The van der Waals surface area contributed by atoms with Crippen LogP contribution in [0.25, 0.3) is 0 Å². The molecular weight excluding hydrogens is 230 g/mol. The second kappa shape index (κ2) is 4.97. The topological polar surface area (TPSA) is 39.9 Å². The first-order chi connectivity index (χ1) is 8.13. The predicted molar refractivity (Wildman–Crippen MR) is 72.6 cm³/mol. The molecule has 1 atom stereocenters. The van der Waals surface area contributed by atoms with E-state index in [9.17, 15) is 5.26 Å². The van der Waals surface area contributed by atoms with Gasteiger partial charge >= 0.3 is 0 Å². The fourth-order valence-corrected chi connectivity index (χ4v) is 3.48. The molecule has 1 aromatic heterocycles. The smallest absolute Gasteiger partial charge is 0.147 e. The Morgan fingerprint density at radius 2 is 2.29 bits per heavy atom. The van der Waals surface area contributed by atoms with Crippen molar-refractivity contribution in [2.24, 2.45) is 0 Å². The van der Waals surface area contributed by atoms with E-state index >= 15 is 0 Å². The van der Waals surface area contributed by atoms with Crippen molar-refractivity contribution in [2.45, 2.75) is 26.3 Å². The van der Waals surface area contributed by atoms with Crippen LogP contribution in [0.1, 0.15) is 23.2 Å². The summed E-state index contributed by atoms with van der Waals surface area (Å²) in [6.07, 6.45) is 1.18. The highest BCUT2D eigenvalue weighted by atomic mass is 32.2. The molecule has 90 valence electrons. The third kappa shape index (κ3) is 2.39. The van der Waals surface area contributed by atoms with Gasteiger partial charge in [-0.2, -0.15) is 17.0 Å². The van der Waals surface area contributed by atoms with E-state index in [1.54, 1.807) is 0 Å². The van der Waals surface area contributed by atoms with Crippen LogP contribution < -0.4 is 4.90 Å². The molecule has 0 aromatic carbocycles. The molecule has 4 heteroatoms. The average molecular weight is 247 g/mol. The van der Waals surface area contributed by atoms with Gasteiger partial charge in [-0.25, -0.2) is 4.98 Å². The quantitative estimate of drug-likeness (QED) is 0.805. The van der Waals surface area contributed by atoms with Crippen LogP contribution in [0.5, 0.6) is 0 Å². The third-order valence-corrected chi connectivity index (χ3v) is 4.37. The Hall–Kier alpha value is -1.21. The maximum atomic E-state index is 9.26. The zero-order valence-corrected chi connectivity index (χ0v) is 11.3. The zero-order valence-electron chi connectivity index (χ0n) is 10.5. The van der Waals surface area contributed by atoms with Crippen LogP contribution in [0, 0.1) is 25.2 Å². The number of pyridine rings is 1. The van der Waals surface area contributed by atoms with Gasteiger partial charge in [0, 0.05) is 24.5 Å². The lowest BCUT2D eigenvalue weighted by molar-refractivity contribution is 0.689. The molecule has 1 aromatic rings. The summed E-state index contributed by atoms with van der Waals surface area (Å²) in [5.41, 5.74) is 2.72. The number of hydrogen-bond donors (Lipinski definition) is 0. The molecule has 0 amide bonds. The van der Waals surface area contributed by atoms with Gasteiger partial charge in [-0.3, -0.25) is 0 Å². The minimum absolute atomic E-state index is 0.515. The summed E-state index contributed by atoms with van der Waals surface area (Å²) in [5.74, 6) is 3.19. The maximum Gasteiger partial charge on any atom is 0.147 e. The third-order valence-electron chi connectivity index (χ3n) is 3.22. The van der Waals surface area contributed by atoms with Crippen LogP contribution in [0.15, 0.2) is 6.07 Å². The summed E-state index contributed by atoms with van der Waals surface area (Å²) in [5, 5.41) is 9.26. The molecule has 0 N–H and O–H groups in total. The van der Waals surface area contributed by atoms with E-state index in [0.717, 1.165) is 28.4 Å². The van der Waals surface area contributed by atoms with Crippen molar-refractivity contribution in [2.75, 3.05) is 23.5 Å². The summed E-state index contributed by atoms with van der Waals surface area (Å²) in [4.78, 5) is 6.72. The van der Waals surface area contributed by atoms with Crippen LogP contribution in [-0.4, -0.2) is 29.6 Å². The second-order valence-corrected chi connectivity index (χ2v) is 5.67. The molecule has 1 aliphatic heterocycles. The van der Waals surface area contributed by atoms with Crippen LogP contribution in [0.4, 0.5) is 5.82 Å². The number of hydrogen-bond acceptors (Lipinski definition) is 4. The molecule has 1 fully saturated rings. The number of nitriles is 1. The minimum atomic E-state index is 0.515. The van der Waals surface area contributed by atoms with Crippen molar-refractivity contribution in [1.29, 1.82) is 5.26 Å². The van der Waals surface area contributed by atoms with Crippen molar-refractivity contribution in [3.63, 3.8) is 0 Å². The molecule has 1 saturated heterocycles. The van der Waals surface area contributed by atoms with Crippen LogP contribution in [0.3, 0.4) is 0 Å². The van der Waals surface area contributed by atoms with E-state index in [4.69, 9.17) is 0 Å². The van der Waals surface area contributed by atoms with E-state index in [1.165, 1.54) is 12.2 Å². The summed E-state index contributed by atoms with van der Waals surface area (Å²) in [6, 6.07) is 4.77. The van der Waals surface area contributed by atoms with Crippen LogP contribution >= 0.6 is 11.8 Å². The molecule has 2 rings (SSSR count). The lowest BCUT2D eigenvalue weighted by Crippen LogP contribution is -2.32. The van der Waals surface area contributed by atoms with Gasteiger partial charge in [0.2, 0.25) is 0 Å². The first kappa shape index (κ1) is 12.3. The highest BCUT2D eigenvalue weighted by Gasteiger charge is 2.23. The number of nitrogens with zero attached hydrogens (tertiary/aromatic N) is 3. The van der Waals surface area contributed by atoms with Crippen LogP contribution in [0.2, 0.25) is 0 Å². The summed E-state index contributed by atoms with van der Waals surface area (Å²) >= 11 is 1.97. The number of anilines is 1. The first-order valence-corrected chi connectivity index (χ1v) is 6.98. The van der Waals surface area contributed by atoms with Gasteiger partial charge in [-0.05, 0) is 37.7 Å². The number of thioether (sulfide) groups is 1. The van der Waals surface area contributed by atoms with E-state index in [1.807, 2.05) is 31.7 Å². The largest absolute Gasteiger partial charge is 0.355 e. The lowest BCUT2D eigenvalue weighted by atomic mass is 10.1. The molecule has 0 saturated carbocycles. The summed E-state index contributed by atoms with van der Waals surface area (Å²) in [7, 11) is 2.05. The Kier molecular flexibility index (Phi) is 3.58. The van der Waals surface area contributed by atoms with E-state index < -0.39 is 0 Å². The van der Waals surface area contributed by atoms with Gasteiger partial charge in [-0.1, -0.05) is 0 Å². The second-order valence-electron chi connectivity index (χ2n) is 4.52. The molecule has 2 heterocycles. The van der Waals surface area contributed by atoms with Gasteiger partial charge in [0.15, 0.2) is 0 Å². The van der Waals surface area contributed by atoms with E-state index in [2.05, 4.69) is 23.0 Å². The molecule has 17 heavy (non-hydrogen) atoms. The molecular formula is C13H17N3S. The normalized spacial score (nSPS) is 19.1. The van der Waals surface area contributed by atoms with Gasteiger partial charge in [0.1, 0.15) is 11.9 Å². The molecule has 3 nitrogen and oxygen atoms in total. The van der Waals surface area contributed by atoms with Gasteiger partial charge < -0.3 is 4.90 Å². The molecule has 0 radical (unpaired) electrons. The molecule has 0 bridgehead atoms. The number of rotatable bonds is 2. The van der Waals surface area contributed by atoms with E-state index in [0.29, 0.717) is 6.04 Å². The van der Waals surface area contributed by atoms with Crippen molar-refractivity contribution < 1.29 is 0 Å². The molecule has 0 aliphatic carbocycles. The monoisotopic (exact) mass is 247 g/mol.